The van der Waals surface area contributed by atoms with Gasteiger partial charge in [-0.15, -0.1) is 0 Å². The summed E-state index contributed by atoms with van der Waals surface area (Å²) in [6.45, 7) is 5.25. The highest BCUT2D eigenvalue weighted by molar-refractivity contribution is 5.86. The molecule has 0 unspecified atom stereocenters. The summed E-state index contributed by atoms with van der Waals surface area (Å²) in [5, 5.41) is 4.79. The molecule has 2 aromatic rings. The van der Waals surface area contributed by atoms with Crippen molar-refractivity contribution in [1.82, 2.24) is 19.6 Å². The van der Waals surface area contributed by atoms with Gasteiger partial charge in [0.1, 0.15) is 11.4 Å². The topological polar surface area (TPSA) is 50.6 Å². The highest BCUT2D eigenvalue weighted by Crippen LogP contribution is 2.50. The Morgan fingerprint density at radius 2 is 1.75 bits per heavy atom. The van der Waals surface area contributed by atoms with Crippen LogP contribution in [-0.2, 0) is 16.9 Å². The SMILES string of the molecule is O=C(N1CCC2(CC1)Oc1ccccc1-c1c2cnn1CCN1CCCC1)C1(F)CCC1. The number of alkyl halides is 1. The first kappa shape index (κ1) is 20.2. The Morgan fingerprint density at radius 1 is 1.00 bits per heavy atom. The molecule has 1 spiro atoms. The Kier molecular flexibility index (Phi) is 4.79. The molecule has 1 amide bonds. The first-order chi connectivity index (χ1) is 15.6. The molecule has 0 atom stereocenters. The molecule has 1 aliphatic carbocycles. The zero-order chi connectivity index (χ0) is 21.8. The van der Waals surface area contributed by atoms with E-state index in [-0.39, 0.29) is 5.91 Å². The van der Waals surface area contributed by atoms with Crippen molar-refractivity contribution in [3.63, 3.8) is 0 Å². The fraction of sp³-hybridized carbons (Fsp3) is 0.600. The van der Waals surface area contributed by atoms with Gasteiger partial charge in [-0.25, -0.2) is 4.39 Å². The third-order valence-corrected chi connectivity index (χ3v) is 7.99. The molecule has 6 nitrogen and oxygen atoms in total. The zero-order valence-corrected chi connectivity index (χ0v) is 18.6. The number of carbonyl (C=O) groups excluding carboxylic acids is 1. The number of likely N-dealkylation sites (tertiary alicyclic amines) is 2. The Morgan fingerprint density at radius 3 is 2.47 bits per heavy atom. The second kappa shape index (κ2) is 7.58. The Labute approximate surface area is 188 Å². The molecule has 4 heterocycles. The Bertz CT molecular complexity index is 1020. The largest absolute Gasteiger partial charge is 0.482 e. The molecule has 7 heteroatoms. The summed E-state index contributed by atoms with van der Waals surface area (Å²) in [7, 11) is 0. The smallest absolute Gasteiger partial charge is 0.260 e. The first-order valence-electron chi connectivity index (χ1n) is 12.1. The van der Waals surface area contributed by atoms with Gasteiger partial charge in [0.05, 0.1) is 18.4 Å². The number of benzene rings is 1. The van der Waals surface area contributed by atoms with Gasteiger partial charge in [0.15, 0.2) is 5.67 Å². The summed E-state index contributed by atoms with van der Waals surface area (Å²) < 4.78 is 23.5. The molecule has 170 valence electrons. The van der Waals surface area contributed by atoms with Crippen LogP contribution in [0.4, 0.5) is 4.39 Å². The van der Waals surface area contributed by atoms with E-state index in [1.807, 2.05) is 24.4 Å². The van der Waals surface area contributed by atoms with Gasteiger partial charge in [-0.05, 0) is 57.3 Å². The lowest BCUT2D eigenvalue weighted by atomic mass is 9.78. The summed E-state index contributed by atoms with van der Waals surface area (Å²) in [6, 6.07) is 8.18. The molecule has 1 aromatic heterocycles. The van der Waals surface area contributed by atoms with Crippen LogP contribution in [0, 0.1) is 0 Å². The molecule has 2 saturated heterocycles. The number of halogens is 1. The maximum absolute atomic E-state index is 14.7. The molecule has 4 aliphatic rings. The summed E-state index contributed by atoms with van der Waals surface area (Å²) >= 11 is 0. The van der Waals surface area contributed by atoms with Crippen molar-refractivity contribution in [2.24, 2.45) is 0 Å². The lowest BCUT2D eigenvalue weighted by molar-refractivity contribution is -0.153. The Balaban J connectivity index is 1.27. The van der Waals surface area contributed by atoms with Crippen LogP contribution in [0.3, 0.4) is 0 Å². The second-order valence-corrected chi connectivity index (χ2v) is 9.88. The first-order valence-corrected chi connectivity index (χ1v) is 12.1. The number of carbonyl (C=O) groups is 1. The highest BCUT2D eigenvalue weighted by Gasteiger charge is 2.51. The van der Waals surface area contributed by atoms with Crippen LogP contribution < -0.4 is 4.74 Å². The molecular weight excluding hydrogens is 407 g/mol. The van der Waals surface area contributed by atoms with Crippen LogP contribution in [0.1, 0.15) is 50.5 Å². The minimum Gasteiger partial charge on any atom is -0.482 e. The number of hydrogen-bond acceptors (Lipinski definition) is 4. The van der Waals surface area contributed by atoms with Crippen LogP contribution in [-0.4, -0.2) is 63.9 Å². The van der Waals surface area contributed by atoms with Gasteiger partial charge in [0, 0.05) is 43.6 Å². The van der Waals surface area contributed by atoms with Gasteiger partial charge >= 0.3 is 0 Å². The monoisotopic (exact) mass is 438 g/mol. The number of nitrogens with zero attached hydrogens (tertiary/aromatic N) is 4. The number of para-hydroxylation sites is 1. The highest BCUT2D eigenvalue weighted by atomic mass is 19.1. The van der Waals surface area contributed by atoms with Crippen molar-refractivity contribution in [2.45, 2.75) is 62.8 Å². The number of ether oxygens (including phenoxy) is 1. The molecule has 0 radical (unpaired) electrons. The third-order valence-electron chi connectivity index (χ3n) is 7.99. The van der Waals surface area contributed by atoms with Crippen molar-refractivity contribution in [3.05, 3.63) is 36.0 Å². The van der Waals surface area contributed by atoms with E-state index in [0.29, 0.717) is 38.8 Å². The van der Waals surface area contributed by atoms with Crippen LogP contribution in [0.15, 0.2) is 30.5 Å². The average molecular weight is 439 g/mol. The molecule has 1 aromatic carbocycles. The molecule has 3 aliphatic heterocycles. The quantitative estimate of drug-likeness (QED) is 0.730. The molecular formula is C25H31FN4O2. The number of rotatable bonds is 4. The van der Waals surface area contributed by atoms with E-state index in [1.165, 1.54) is 25.9 Å². The summed E-state index contributed by atoms with van der Waals surface area (Å²) in [6.07, 6.45) is 7.40. The van der Waals surface area contributed by atoms with Gasteiger partial charge in [-0.2, -0.15) is 5.10 Å². The number of hydrogen-bond donors (Lipinski definition) is 0. The zero-order valence-electron chi connectivity index (χ0n) is 18.6. The maximum Gasteiger partial charge on any atom is 0.260 e. The van der Waals surface area contributed by atoms with Crippen molar-refractivity contribution < 1.29 is 13.9 Å². The number of fused-ring (bicyclic) bond motifs is 4. The number of piperidine rings is 1. The summed E-state index contributed by atoms with van der Waals surface area (Å²) in [4.78, 5) is 16.9. The Hall–Kier alpha value is -2.41. The summed E-state index contributed by atoms with van der Waals surface area (Å²) in [5.74, 6) is 0.556. The van der Waals surface area contributed by atoms with E-state index in [1.54, 1.807) is 4.90 Å². The number of aromatic nitrogens is 2. The van der Waals surface area contributed by atoms with Gasteiger partial charge in [0.25, 0.3) is 5.91 Å². The average Bonchev–Trinajstić information content (AvgIpc) is 3.47. The molecule has 0 N–H and O–H groups in total. The minimum absolute atomic E-state index is 0.323. The molecule has 1 saturated carbocycles. The van der Waals surface area contributed by atoms with Gasteiger partial charge in [-0.3, -0.25) is 9.48 Å². The summed E-state index contributed by atoms with van der Waals surface area (Å²) in [5.41, 5.74) is 1.21. The minimum atomic E-state index is -1.63. The van der Waals surface area contributed by atoms with E-state index in [4.69, 9.17) is 9.84 Å². The van der Waals surface area contributed by atoms with Crippen LogP contribution in [0.5, 0.6) is 5.75 Å². The molecule has 0 bridgehead atoms. The lowest BCUT2D eigenvalue weighted by Crippen LogP contribution is -2.55. The lowest BCUT2D eigenvalue weighted by Gasteiger charge is -2.46. The van der Waals surface area contributed by atoms with Crippen molar-refractivity contribution >= 4 is 5.91 Å². The van der Waals surface area contributed by atoms with Crippen LogP contribution in [0.25, 0.3) is 11.3 Å². The molecule has 32 heavy (non-hydrogen) atoms. The maximum atomic E-state index is 14.7. The van der Waals surface area contributed by atoms with E-state index in [0.717, 1.165) is 42.1 Å². The second-order valence-electron chi connectivity index (χ2n) is 9.88. The van der Waals surface area contributed by atoms with E-state index in [2.05, 4.69) is 15.6 Å². The van der Waals surface area contributed by atoms with E-state index in [9.17, 15) is 9.18 Å². The normalized spacial score (nSPS) is 23.3. The fourth-order valence-electron chi connectivity index (χ4n) is 5.86. The van der Waals surface area contributed by atoms with Crippen molar-refractivity contribution in [1.29, 1.82) is 0 Å². The predicted octanol–water partition coefficient (Wildman–Crippen LogP) is 3.75. The van der Waals surface area contributed by atoms with Gasteiger partial charge in [-0.1, -0.05) is 12.1 Å². The van der Waals surface area contributed by atoms with E-state index < -0.39 is 11.3 Å². The van der Waals surface area contributed by atoms with Crippen LogP contribution in [0.2, 0.25) is 0 Å². The van der Waals surface area contributed by atoms with Crippen molar-refractivity contribution in [3.8, 4) is 17.0 Å². The van der Waals surface area contributed by atoms with E-state index >= 15 is 0 Å². The van der Waals surface area contributed by atoms with Crippen molar-refractivity contribution in [2.75, 3.05) is 32.7 Å². The van der Waals surface area contributed by atoms with Gasteiger partial charge in [0.2, 0.25) is 0 Å². The van der Waals surface area contributed by atoms with Gasteiger partial charge < -0.3 is 14.5 Å². The molecule has 6 rings (SSSR count). The fourth-order valence-corrected chi connectivity index (χ4v) is 5.86. The van der Waals surface area contributed by atoms with Crippen LogP contribution >= 0.6 is 0 Å². The predicted molar refractivity (Wildman–Crippen MR) is 119 cm³/mol. The third kappa shape index (κ3) is 3.16. The standard InChI is InChI=1S/C25H31FN4O2/c26-24(8-5-9-24)23(31)29-14-10-25(11-15-29)20-18-27-30(17-16-28-12-3-4-13-28)22(20)19-6-1-2-7-21(19)32-25/h1-2,6-7,18H,3-5,8-17H2. The molecule has 3 fully saturated rings. The number of amides is 1.